The van der Waals surface area contributed by atoms with E-state index in [0.717, 1.165) is 24.3 Å². The summed E-state index contributed by atoms with van der Waals surface area (Å²) >= 11 is 3.27. The Morgan fingerprint density at radius 3 is 2.50 bits per heavy atom. The van der Waals surface area contributed by atoms with Gasteiger partial charge in [-0.05, 0) is 49.7 Å². The summed E-state index contributed by atoms with van der Waals surface area (Å²) in [4.78, 5) is 14.3. The first-order chi connectivity index (χ1) is 11.5. The standard InChI is InChI=1S/C18H20BrN3O2/c1-3-22(4-2)15-8-5-13(6-9-15)12-20-21-18(24)16-11-14(19)7-10-17(16)23/h5-12,23H,3-4H2,1-2H3,(H,21,24)/b20-12+. The van der Waals surface area contributed by atoms with Crippen LogP contribution in [0.15, 0.2) is 52.0 Å². The first-order valence-electron chi connectivity index (χ1n) is 7.72. The minimum Gasteiger partial charge on any atom is -0.507 e. The van der Waals surface area contributed by atoms with Crippen LogP contribution < -0.4 is 10.3 Å². The molecular formula is C18H20BrN3O2. The molecule has 2 aromatic rings. The minimum absolute atomic E-state index is 0.0884. The molecule has 126 valence electrons. The normalized spacial score (nSPS) is 10.8. The van der Waals surface area contributed by atoms with Crippen molar-refractivity contribution in [2.45, 2.75) is 13.8 Å². The molecule has 1 amide bonds. The molecule has 0 saturated heterocycles. The third-order valence-corrected chi connectivity index (χ3v) is 4.10. The van der Waals surface area contributed by atoms with Gasteiger partial charge >= 0.3 is 0 Å². The van der Waals surface area contributed by atoms with Gasteiger partial charge in [-0.25, -0.2) is 5.43 Å². The summed E-state index contributed by atoms with van der Waals surface area (Å²) in [6, 6.07) is 12.6. The zero-order valence-electron chi connectivity index (χ0n) is 13.7. The quantitative estimate of drug-likeness (QED) is 0.583. The fraction of sp³-hybridized carbons (Fsp3) is 0.222. The van der Waals surface area contributed by atoms with Crippen LogP contribution in [0.25, 0.3) is 0 Å². The van der Waals surface area contributed by atoms with Crippen molar-refractivity contribution < 1.29 is 9.90 Å². The number of hydrogen-bond acceptors (Lipinski definition) is 4. The van der Waals surface area contributed by atoms with Crippen molar-refractivity contribution in [1.29, 1.82) is 0 Å². The number of aromatic hydroxyl groups is 1. The average molecular weight is 390 g/mol. The van der Waals surface area contributed by atoms with Crippen LogP contribution in [0.3, 0.4) is 0 Å². The number of carbonyl (C=O) groups excluding carboxylic acids is 1. The molecule has 0 heterocycles. The molecule has 0 aliphatic rings. The molecule has 2 aromatic carbocycles. The lowest BCUT2D eigenvalue weighted by atomic mass is 10.2. The number of rotatable bonds is 6. The van der Waals surface area contributed by atoms with Crippen LogP contribution in [0.5, 0.6) is 5.75 Å². The van der Waals surface area contributed by atoms with Crippen molar-refractivity contribution in [2.24, 2.45) is 5.10 Å². The predicted molar refractivity (Wildman–Crippen MR) is 101 cm³/mol. The second kappa shape index (κ2) is 8.49. The largest absolute Gasteiger partial charge is 0.507 e. The fourth-order valence-corrected chi connectivity index (χ4v) is 2.64. The van der Waals surface area contributed by atoms with E-state index in [4.69, 9.17) is 0 Å². The van der Waals surface area contributed by atoms with Crippen LogP contribution in [0.4, 0.5) is 5.69 Å². The maximum Gasteiger partial charge on any atom is 0.275 e. The Morgan fingerprint density at radius 1 is 1.21 bits per heavy atom. The molecule has 0 fully saturated rings. The predicted octanol–water partition coefficient (Wildman–Crippen LogP) is 3.76. The Balaban J connectivity index is 2.01. The summed E-state index contributed by atoms with van der Waals surface area (Å²) in [5.41, 5.74) is 4.61. The molecule has 6 heteroatoms. The lowest BCUT2D eigenvalue weighted by Crippen LogP contribution is -2.21. The lowest BCUT2D eigenvalue weighted by Gasteiger charge is -2.20. The van der Waals surface area contributed by atoms with E-state index in [2.05, 4.69) is 45.2 Å². The van der Waals surface area contributed by atoms with Gasteiger partial charge in [0.15, 0.2) is 0 Å². The van der Waals surface area contributed by atoms with Crippen molar-refractivity contribution >= 4 is 33.7 Å². The molecule has 0 aromatic heterocycles. The third kappa shape index (κ3) is 4.58. The van der Waals surface area contributed by atoms with Gasteiger partial charge in [-0.3, -0.25) is 4.79 Å². The third-order valence-electron chi connectivity index (χ3n) is 3.60. The number of carbonyl (C=O) groups is 1. The Morgan fingerprint density at radius 2 is 1.88 bits per heavy atom. The first kappa shape index (κ1) is 18.0. The van der Waals surface area contributed by atoms with Crippen LogP contribution in [-0.2, 0) is 0 Å². The summed E-state index contributed by atoms with van der Waals surface area (Å²) in [5.74, 6) is -0.556. The molecule has 0 spiro atoms. The van der Waals surface area contributed by atoms with E-state index in [9.17, 15) is 9.90 Å². The average Bonchev–Trinajstić information content (AvgIpc) is 2.59. The smallest absolute Gasteiger partial charge is 0.275 e. The van der Waals surface area contributed by atoms with E-state index in [1.54, 1.807) is 18.3 Å². The monoisotopic (exact) mass is 389 g/mol. The maximum atomic E-state index is 12.0. The molecular weight excluding hydrogens is 370 g/mol. The van der Waals surface area contributed by atoms with Crippen LogP contribution >= 0.6 is 15.9 Å². The van der Waals surface area contributed by atoms with Crippen molar-refractivity contribution in [1.82, 2.24) is 5.43 Å². The van der Waals surface area contributed by atoms with Crippen LogP contribution in [0, 0.1) is 0 Å². The summed E-state index contributed by atoms with van der Waals surface area (Å²) in [6.45, 7) is 6.14. The number of halogens is 1. The number of hydrazone groups is 1. The fourth-order valence-electron chi connectivity index (χ4n) is 2.28. The summed E-state index contributed by atoms with van der Waals surface area (Å²) in [5, 5.41) is 13.7. The van der Waals surface area contributed by atoms with Crippen LogP contribution in [0.2, 0.25) is 0 Å². The molecule has 0 aliphatic carbocycles. The Labute approximate surface area is 150 Å². The molecule has 0 aliphatic heterocycles. The van der Waals surface area contributed by atoms with Gasteiger partial charge in [0, 0.05) is 23.2 Å². The van der Waals surface area contributed by atoms with Crippen LogP contribution in [-0.4, -0.2) is 30.3 Å². The Kier molecular flexibility index (Phi) is 6.37. The SMILES string of the molecule is CCN(CC)c1ccc(/C=N/NC(=O)c2cc(Br)ccc2O)cc1. The highest BCUT2D eigenvalue weighted by molar-refractivity contribution is 9.10. The van der Waals surface area contributed by atoms with Gasteiger partial charge in [-0.2, -0.15) is 5.10 Å². The Hall–Kier alpha value is -2.34. The van der Waals surface area contributed by atoms with E-state index in [1.807, 2.05) is 24.3 Å². The van der Waals surface area contributed by atoms with Crippen molar-refractivity contribution in [2.75, 3.05) is 18.0 Å². The molecule has 0 atom stereocenters. The van der Waals surface area contributed by atoms with Gasteiger partial charge in [-0.1, -0.05) is 28.1 Å². The lowest BCUT2D eigenvalue weighted by molar-refractivity contribution is 0.0952. The van der Waals surface area contributed by atoms with E-state index in [-0.39, 0.29) is 11.3 Å². The van der Waals surface area contributed by atoms with Gasteiger partial charge < -0.3 is 10.0 Å². The zero-order chi connectivity index (χ0) is 17.5. The van der Waals surface area contributed by atoms with Crippen LogP contribution in [0.1, 0.15) is 29.8 Å². The number of nitrogens with one attached hydrogen (secondary N) is 1. The molecule has 2 rings (SSSR count). The highest BCUT2D eigenvalue weighted by Gasteiger charge is 2.10. The van der Waals surface area contributed by atoms with Crippen molar-refractivity contribution in [3.63, 3.8) is 0 Å². The highest BCUT2D eigenvalue weighted by Crippen LogP contribution is 2.21. The molecule has 5 nitrogen and oxygen atoms in total. The van der Waals surface area contributed by atoms with Gasteiger partial charge in [0.05, 0.1) is 11.8 Å². The molecule has 0 radical (unpaired) electrons. The molecule has 2 N–H and O–H groups in total. The van der Waals surface area contributed by atoms with Gasteiger partial charge in [-0.15, -0.1) is 0 Å². The van der Waals surface area contributed by atoms with E-state index in [0.29, 0.717) is 4.47 Å². The van der Waals surface area contributed by atoms with Gasteiger partial charge in [0.25, 0.3) is 5.91 Å². The van der Waals surface area contributed by atoms with Gasteiger partial charge in [0.1, 0.15) is 5.75 Å². The van der Waals surface area contributed by atoms with E-state index < -0.39 is 5.91 Å². The van der Waals surface area contributed by atoms with Gasteiger partial charge in [0.2, 0.25) is 0 Å². The molecule has 0 saturated carbocycles. The number of nitrogens with zero attached hydrogens (tertiary/aromatic N) is 2. The van der Waals surface area contributed by atoms with E-state index >= 15 is 0 Å². The summed E-state index contributed by atoms with van der Waals surface area (Å²) in [7, 11) is 0. The first-order valence-corrected chi connectivity index (χ1v) is 8.51. The summed E-state index contributed by atoms with van der Waals surface area (Å²) < 4.78 is 0.710. The Bertz CT molecular complexity index is 726. The second-order valence-corrected chi connectivity index (χ2v) is 6.04. The minimum atomic E-state index is -0.468. The molecule has 0 bridgehead atoms. The number of amides is 1. The number of phenolic OH excluding ortho intramolecular Hbond substituents is 1. The number of phenols is 1. The number of benzene rings is 2. The second-order valence-electron chi connectivity index (χ2n) is 5.12. The molecule has 0 unspecified atom stereocenters. The maximum absolute atomic E-state index is 12.0. The zero-order valence-corrected chi connectivity index (χ0v) is 15.2. The number of anilines is 1. The number of hydrogen-bond donors (Lipinski definition) is 2. The summed E-state index contributed by atoms with van der Waals surface area (Å²) in [6.07, 6.45) is 1.57. The topological polar surface area (TPSA) is 64.9 Å². The van der Waals surface area contributed by atoms with Crippen molar-refractivity contribution in [3.05, 3.63) is 58.1 Å². The molecule has 24 heavy (non-hydrogen) atoms. The highest BCUT2D eigenvalue weighted by atomic mass is 79.9. The van der Waals surface area contributed by atoms with Crippen molar-refractivity contribution in [3.8, 4) is 5.75 Å². The van der Waals surface area contributed by atoms with E-state index in [1.165, 1.54) is 6.07 Å².